The molecule has 160 valence electrons. The third kappa shape index (κ3) is 5.81. The Hall–Kier alpha value is -2.89. The fraction of sp³-hybridized carbons (Fsp3) is 0.167. The summed E-state index contributed by atoms with van der Waals surface area (Å²) in [7, 11) is 0. The van der Waals surface area contributed by atoms with Gasteiger partial charge in [-0.2, -0.15) is 26.3 Å². The Morgan fingerprint density at radius 1 is 0.900 bits per heavy atom. The Morgan fingerprint density at radius 2 is 1.47 bits per heavy atom. The predicted molar refractivity (Wildman–Crippen MR) is 91.6 cm³/mol. The standard InChI is InChI=1S/C14H9BrO2.C4F6O3/c15-10-5-6-13-12(7-10)14(16)11-4-2-1-3-9(11)8-17-13;5-3(6,7)1(11)13-2(12)4(8,9)10/h1-7H,8H2;. The van der Waals surface area contributed by atoms with Crippen LogP contribution in [0.3, 0.4) is 0 Å². The number of benzene rings is 2. The van der Waals surface area contributed by atoms with E-state index in [-0.39, 0.29) is 5.78 Å². The maximum atomic E-state index is 12.4. The molecule has 1 aliphatic heterocycles. The molecular formula is C18H9BrF6O5. The quantitative estimate of drug-likeness (QED) is 0.297. The Bertz CT molecular complexity index is 960. The van der Waals surface area contributed by atoms with Crippen molar-refractivity contribution in [2.75, 3.05) is 0 Å². The Kier molecular flexibility index (Phi) is 6.91. The first-order chi connectivity index (χ1) is 13.8. The molecule has 0 N–H and O–H groups in total. The van der Waals surface area contributed by atoms with Crippen molar-refractivity contribution in [1.82, 2.24) is 0 Å². The van der Waals surface area contributed by atoms with Gasteiger partial charge in [-0.25, -0.2) is 9.59 Å². The van der Waals surface area contributed by atoms with Gasteiger partial charge in [-0.1, -0.05) is 40.2 Å². The number of carbonyl (C=O) groups is 3. The van der Waals surface area contributed by atoms with Crippen LogP contribution < -0.4 is 4.74 Å². The van der Waals surface area contributed by atoms with Gasteiger partial charge in [0.05, 0.1) is 5.56 Å². The molecule has 0 amide bonds. The molecule has 0 saturated heterocycles. The normalized spacial score (nSPS) is 13.0. The van der Waals surface area contributed by atoms with Crippen LogP contribution in [0.25, 0.3) is 0 Å². The van der Waals surface area contributed by atoms with Gasteiger partial charge >= 0.3 is 24.3 Å². The van der Waals surface area contributed by atoms with Crippen molar-refractivity contribution in [2.24, 2.45) is 0 Å². The zero-order valence-corrected chi connectivity index (χ0v) is 16.0. The van der Waals surface area contributed by atoms with E-state index in [0.29, 0.717) is 17.9 Å². The minimum Gasteiger partial charge on any atom is -0.488 e. The van der Waals surface area contributed by atoms with Crippen LogP contribution in [-0.2, 0) is 20.9 Å². The van der Waals surface area contributed by atoms with E-state index in [1.165, 1.54) is 0 Å². The zero-order chi connectivity index (χ0) is 22.7. The molecule has 5 nitrogen and oxygen atoms in total. The highest BCUT2D eigenvalue weighted by Gasteiger charge is 2.49. The van der Waals surface area contributed by atoms with Gasteiger partial charge in [0.1, 0.15) is 12.4 Å². The van der Waals surface area contributed by atoms with Gasteiger partial charge in [-0.15, -0.1) is 0 Å². The van der Waals surface area contributed by atoms with Crippen molar-refractivity contribution >= 4 is 33.7 Å². The number of esters is 2. The summed E-state index contributed by atoms with van der Waals surface area (Å²) in [6, 6.07) is 13.1. The number of alkyl halides is 6. The smallest absolute Gasteiger partial charge is 0.488 e. The fourth-order valence-corrected chi connectivity index (χ4v) is 2.53. The summed E-state index contributed by atoms with van der Waals surface area (Å²) in [5.41, 5.74) is 2.28. The summed E-state index contributed by atoms with van der Waals surface area (Å²) in [5.74, 6) is -5.73. The third-order valence-corrected chi connectivity index (χ3v) is 3.97. The molecule has 0 spiro atoms. The van der Waals surface area contributed by atoms with Crippen molar-refractivity contribution in [3.63, 3.8) is 0 Å². The summed E-state index contributed by atoms with van der Waals surface area (Å²) in [5, 5.41) is 0. The predicted octanol–water partition coefficient (Wildman–Crippen LogP) is 4.75. The number of hydrogen-bond donors (Lipinski definition) is 0. The molecule has 0 saturated carbocycles. The molecule has 1 aliphatic rings. The monoisotopic (exact) mass is 498 g/mol. The molecule has 12 heteroatoms. The molecule has 2 aromatic rings. The molecule has 0 atom stereocenters. The highest BCUT2D eigenvalue weighted by Crippen LogP contribution is 2.30. The van der Waals surface area contributed by atoms with Crippen LogP contribution in [0, 0.1) is 0 Å². The van der Waals surface area contributed by atoms with E-state index < -0.39 is 24.3 Å². The van der Waals surface area contributed by atoms with E-state index in [4.69, 9.17) is 4.74 Å². The second-order valence-corrected chi connectivity index (χ2v) is 6.50. The Labute approximate surface area is 172 Å². The molecule has 0 fully saturated rings. The molecule has 30 heavy (non-hydrogen) atoms. The first-order valence-corrected chi connectivity index (χ1v) is 8.55. The molecule has 0 aliphatic carbocycles. The molecule has 2 aromatic carbocycles. The van der Waals surface area contributed by atoms with Gasteiger partial charge in [0.15, 0.2) is 5.78 Å². The summed E-state index contributed by atoms with van der Waals surface area (Å²) in [4.78, 5) is 31.7. The number of halogens is 7. The number of hydrogen-bond acceptors (Lipinski definition) is 5. The minimum atomic E-state index is -5.62. The number of ether oxygens (including phenoxy) is 2. The van der Waals surface area contributed by atoms with E-state index in [0.717, 1.165) is 15.6 Å². The van der Waals surface area contributed by atoms with Crippen LogP contribution in [0.1, 0.15) is 21.5 Å². The van der Waals surface area contributed by atoms with Crippen molar-refractivity contribution in [3.05, 3.63) is 63.6 Å². The van der Waals surface area contributed by atoms with Crippen LogP contribution in [0.4, 0.5) is 26.3 Å². The minimum absolute atomic E-state index is 0.0226. The number of fused-ring (bicyclic) bond motifs is 2. The Morgan fingerprint density at radius 3 is 2.03 bits per heavy atom. The second-order valence-electron chi connectivity index (χ2n) is 5.59. The lowest BCUT2D eigenvalue weighted by atomic mass is 9.99. The van der Waals surface area contributed by atoms with E-state index in [1.807, 2.05) is 36.4 Å². The van der Waals surface area contributed by atoms with Gasteiger partial charge in [0.25, 0.3) is 0 Å². The van der Waals surface area contributed by atoms with Gasteiger partial charge in [0, 0.05) is 15.6 Å². The van der Waals surface area contributed by atoms with Gasteiger partial charge in [0.2, 0.25) is 0 Å². The average Bonchev–Trinajstić information content (AvgIpc) is 2.78. The molecule has 3 rings (SSSR count). The first-order valence-electron chi connectivity index (χ1n) is 7.76. The lowest BCUT2D eigenvalue weighted by Gasteiger charge is -2.06. The van der Waals surface area contributed by atoms with Gasteiger partial charge in [-0.3, -0.25) is 4.79 Å². The SMILES string of the molecule is O=C(OC(=O)C(F)(F)F)C(F)(F)F.O=C1c2ccccc2COc2ccc(Br)cc21. The van der Waals surface area contributed by atoms with Crippen molar-refractivity contribution in [2.45, 2.75) is 19.0 Å². The van der Waals surface area contributed by atoms with Gasteiger partial charge < -0.3 is 9.47 Å². The van der Waals surface area contributed by atoms with E-state index >= 15 is 0 Å². The first kappa shape index (κ1) is 23.4. The zero-order valence-electron chi connectivity index (χ0n) is 14.4. The lowest BCUT2D eigenvalue weighted by molar-refractivity contribution is -0.221. The maximum Gasteiger partial charge on any atom is 0.491 e. The summed E-state index contributed by atoms with van der Waals surface area (Å²) < 4.78 is 76.2. The fourth-order valence-electron chi connectivity index (χ4n) is 2.17. The van der Waals surface area contributed by atoms with E-state index in [9.17, 15) is 40.7 Å². The number of carbonyl (C=O) groups excluding carboxylic acids is 3. The topological polar surface area (TPSA) is 69.7 Å². The molecule has 1 heterocycles. The van der Waals surface area contributed by atoms with Crippen LogP contribution in [0.2, 0.25) is 0 Å². The van der Waals surface area contributed by atoms with E-state index in [2.05, 4.69) is 20.7 Å². The van der Waals surface area contributed by atoms with Crippen LogP contribution in [-0.4, -0.2) is 30.1 Å². The lowest BCUT2D eigenvalue weighted by Crippen LogP contribution is -2.34. The Balaban J connectivity index is 0.000000224. The molecule has 0 radical (unpaired) electrons. The highest BCUT2D eigenvalue weighted by molar-refractivity contribution is 9.10. The largest absolute Gasteiger partial charge is 0.491 e. The number of rotatable bonds is 0. The van der Waals surface area contributed by atoms with Crippen LogP contribution in [0.15, 0.2) is 46.9 Å². The summed E-state index contributed by atoms with van der Waals surface area (Å²) in [6.07, 6.45) is -11.2. The molecule has 0 unspecified atom stereocenters. The summed E-state index contributed by atoms with van der Waals surface area (Å²) >= 11 is 3.38. The highest BCUT2D eigenvalue weighted by atomic mass is 79.9. The van der Waals surface area contributed by atoms with Crippen molar-refractivity contribution < 1.29 is 50.2 Å². The van der Waals surface area contributed by atoms with Crippen molar-refractivity contribution in [1.29, 1.82) is 0 Å². The maximum absolute atomic E-state index is 12.4. The second kappa shape index (κ2) is 8.86. The van der Waals surface area contributed by atoms with Gasteiger partial charge in [-0.05, 0) is 18.2 Å². The number of ketones is 1. The summed E-state index contributed by atoms with van der Waals surface area (Å²) in [6.45, 7) is 0.441. The third-order valence-electron chi connectivity index (χ3n) is 3.48. The van der Waals surface area contributed by atoms with Crippen LogP contribution >= 0.6 is 15.9 Å². The van der Waals surface area contributed by atoms with E-state index in [1.54, 1.807) is 6.07 Å². The average molecular weight is 499 g/mol. The van der Waals surface area contributed by atoms with Crippen LogP contribution in [0.5, 0.6) is 5.75 Å². The molecule has 0 bridgehead atoms. The molecular weight excluding hydrogens is 490 g/mol. The molecule has 0 aromatic heterocycles. The van der Waals surface area contributed by atoms with Crippen molar-refractivity contribution in [3.8, 4) is 5.75 Å².